The minimum absolute atomic E-state index is 0.0246. The summed E-state index contributed by atoms with van der Waals surface area (Å²) >= 11 is 0. The Hall–Kier alpha value is -2.02. The van der Waals surface area contributed by atoms with Crippen LogP contribution in [0.4, 0.5) is 26.3 Å². The van der Waals surface area contributed by atoms with Gasteiger partial charge in [-0.3, -0.25) is 0 Å². The lowest BCUT2D eigenvalue weighted by Gasteiger charge is -2.25. The molecule has 1 aliphatic rings. The first-order valence-electron chi connectivity index (χ1n) is 8.24. The van der Waals surface area contributed by atoms with Gasteiger partial charge in [-0.2, -0.15) is 26.3 Å². The molecule has 2 aromatic rings. The lowest BCUT2D eigenvalue weighted by Crippen LogP contribution is -2.29. The Balaban J connectivity index is 1.95. The standard InChI is InChI=1S/C19H17F6N/c20-18(21,22)14-7-3-12(4-8-14)17(16-2-1-11-26-16)13-5-9-15(10-6-13)19(23,24)25/h3-10,16-17,26H,1-2,11H2/t16-/m1/s1. The van der Waals surface area contributed by atoms with E-state index in [0.29, 0.717) is 11.1 Å². The van der Waals surface area contributed by atoms with Gasteiger partial charge in [0.1, 0.15) is 0 Å². The molecular weight excluding hydrogens is 356 g/mol. The first-order chi connectivity index (χ1) is 12.2. The highest BCUT2D eigenvalue weighted by atomic mass is 19.4. The Morgan fingerprint density at radius 1 is 0.731 bits per heavy atom. The summed E-state index contributed by atoms with van der Waals surface area (Å²) in [6.45, 7) is 0.780. The highest BCUT2D eigenvalue weighted by Gasteiger charge is 2.33. The Labute approximate surface area is 147 Å². The molecule has 7 heteroatoms. The zero-order valence-electron chi connectivity index (χ0n) is 13.7. The zero-order chi connectivity index (χ0) is 18.9. The summed E-state index contributed by atoms with van der Waals surface area (Å²) < 4.78 is 76.7. The summed E-state index contributed by atoms with van der Waals surface area (Å²) in [5.41, 5.74) is -0.187. The van der Waals surface area contributed by atoms with Crippen molar-refractivity contribution in [2.75, 3.05) is 6.54 Å². The van der Waals surface area contributed by atoms with Gasteiger partial charge in [0.05, 0.1) is 11.1 Å². The van der Waals surface area contributed by atoms with Crippen LogP contribution in [-0.2, 0) is 12.4 Å². The third kappa shape index (κ3) is 4.03. The van der Waals surface area contributed by atoms with Crippen LogP contribution < -0.4 is 5.32 Å². The number of halogens is 6. The smallest absolute Gasteiger partial charge is 0.313 e. The largest absolute Gasteiger partial charge is 0.416 e. The van der Waals surface area contributed by atoms with E-state index in [9.17, 15) is 26.3 Å². The van der Waals surface area contributed by atoms with Gasteiger partial charge in [-0.1, -0.05) is 24.3 Å². The second kappa shape index (κ2) is 6.95. The molecule has 0 radical (unpaired) electrons. The fourth-order valence-electron chi connectivity index (χ4n) is 3.41. The van der Waals surface area contributed by atoms with E-state index < -0.39 is 23.5 Å². The molecule has 0 saturated carbocycles. The topological polar surface area (TPSA) is 12.0 Å². The van der Waals surface area contributed by atoms with E-state index in [1.165, 1.54) is 24.3 Å². The van der Waals surface area contributed by atoms with Crippen LogP contribution in [0.1, 0.15) is 41.0 Å². The maximum absolute atomic E-state index is 12.8. The highest BCUT2D eigenvalue weighted by Crippen LogP contribution is 2.36. The predicted octanol–water partition coefficient (Wildman–Crippen LogP) is 5.61. The maximum atomic E-state index is 12.8. The number of benzene rings is 2. The molecule has 0 spiro atoms. The monoisotopic (exact) mass is 373 g/mol. The van der Waals surface area contributed by atoms with Crippen LogP contribution in [-0.4, -0.2) is 12.6 Å². The molecule has 0 bridgehead atoms. The molecule has 1 aliphatic heterocycles. The Bertz CT molecular complexity index is 667. The van der Waals surface area contributed by atoms with Crippen LogP contribution in [0.5, 0.6) is 0 Å². The number of nitrogens with one attached hydrogen (secondary N) is 1. The van der Waals surface area contributed by atoms with Crippen LogP contribution in [0.25, 0.3) is 0 Å². The number of alkyl halides is 6. The molecule has 0 unspecified atom stereocenters. The third-order valence-electron chi connectivity index (χ3n) is 4.70. The van der Waals surface area contributed by atoms with Crippen molar-refractivity contribution >= 4 is 0 Å². The van der Waals surface area contributed by atoms with Gasteiger partial charge < -0.3 is 5.32 Å². The number of rotatable bonds is 3. The van der Waals surface area contributed by atoms with Gasteiger partial charge in [0.2, 0.25) is 0 Å². The van der Waals surface area contributed by atoms with Crippen molar-refractivity contribution in [3.8, 4) is 0 Å². The molecule has 3 rings (SSSR count). The molecule has 0 aliphatic carbocycles. The first kappa shape index (κ1) is 18.8. The minimum Gasteiger partial charge on any atom is -0.313 e. The van der Waals surface area contributed by atoms with Gasteiger partial charge in [-0.05, 0) is 54.8 Å². The van der Waals surface area contributed by atoms with Crippen LogP contribution in [0, 0.1) is 0 Å². The molecule has 1 saturated heterocycles. The molecule has 1 N–H and O–H groups in total. The molecule has 1 fully saturated rings. The van der Waals surface area contributed by atoms with Gasteiger partial charge in [0.25, 0.3) is 0 Å². The van der Waals surface area contributed by atoms with Crippen molar-refractivity contribution in [3.63, 3.8) is 0 Å². The molecule has 0 amide bonds. The summed E-state index contributed by atoms with van der Waals surface area (Å²) in [5, 5.41) is 3.30. The van der Waals surface area contributed by atoms with E-state index in [-0.39, 0.29) is 12.0 Å². The van der Waals surface area contributed by atoms with Crippen molar-refractivity contribution in [3.05, 3.63) is 70.8 Å². The summed E-state index contributed by atoms with van der Waals surface area (Å²) in [7, 11) is 0. The van der Waals surface area contributed by atoms with Gasteiger partial charge in [-0.25, -0.2) is 0 Å². The lowest BCUT2D eigenvalue weighted by atomic mass is 9.83. The van der Waals surface area contributed by atoms with Gasteiger partial charge >= 0.3 is 12.4 Å². The number of hydrogen-bond donors (Lipinski definition) is 1. The summed E-state index contributed by atoms with van der Waals surface area (Å²) in [4.78, 5) is 0. The first-order valence-corrected chi connectivity index (χ1v) is 8.24. The average molecular weight is 373 g/mol. The molecule has 140 valence electrons. The van der Waals surface area contributed by atoms with Crippen LogP contribution in [0.2, 0.25) is 0 Å². The van der Waals surface area contributed by atoms with Crippen molar-refractivity contribution in [2.24, 2.45) is 0 Å². The van der Waals surface area contributed by atoms with Gasteiger partial charge in [0, 0.05) is 12.0 Å². The van der Waals surface area contributed by atoms with Crippen molar-refractivity contribution in [1.82, 2.24) is 5.32 Å². The van der Waals surface area contributed by atoms with E-state index in [1.54, 1.807) is 0 Å². The maximum Gasteiger partial charge on any atom is 0.416 e. The summed E-state index contributed by atoms with van der Waals surface area (Å²) in [6, 6.07) is 9.67. The van der Waals surface area contributed by atoms with E-state index in [1.807, 2.05) is 0 Å². The average Bonchev–Trinajstić information content (AvgIpc) is 3.08. The normalized spacial score (nSPS) is 18.5. The molecule has 2 aromatic carbocycles. The highest BCUT2D eigenvalue weighted by molar-refractivity contribution is 5.38. The SMILES string of the molecule is FC(F)(F)c1ccc(C(c2ccc(C(F)(F)F)cc2)[C@H]2CCCN2)cc1. The van der Waals surface area contributed by atoms with Crippen LogP contribution in [0.3, 0.4) is 0 Å². The molecule has 1 nitrogen and oxygen atoms in total. The summed E-state index contributed by atoms with van der Waals surface area (Å²) in [6.07, 6.45) is -7.11. The Morgan fingerprint density at radius 2 is 1.15 bits per heavy atom. The molecule has 1 atom stereocenters. The Kier molecular flexibility index (Phi) is 5.01. The molecule has 26 heavy (non-hydrogen) atoms. The fourth-order valence-corrected chi connectivity index (χ4v) is 3.41. The second-order valence-corrected chi connectivity index (χ2v) is 6.42. The number of hydrogen-bond acceptors (Lipinski definition) is 1. The minimum atomic E-state index is -4.42. The van der Waals surface area contributed by atoms with E-state index >= 15 is 0 Å². The third-order valence-corrected chi connectivity index (χ3v) is 4.70. The predicted molar refractivity (Wildman–Crippen MR) is 85.8 cm³/mol. The quantitative estimate of drug-likeness (QED) is 0.690. The fraction of sp³-hybridized carbons (Fsp3) is 0.368. The summed E-state index contributed by atoms with van der Waals surface area (Å²) in [5.74, 6) is -0.304. The van der Waals surface area contributed by atoms with Crippen molar-refractivity contribution < 1.29 is 26.3 Å². The van der Waals surface area contributed by atoms with Gasteiger partial charge in [-0.15, -0.1) is 0 Å². The van der Waals surface area contributed by atoms with E-state index in [0.717, 1.165) is 43.7 Å². The Morgan fingerprint density at radius 3 is 1.46 bits per heavy atom. The van der Waals surface area contributed by atoms with Crippen LogP contribution in [0.15, 0.2) is 48.5 Å². The zero-order valence-corrected chi connectivity index (χ0v) is 13.7. The van der Waals surface area contributed by atoms with Crippen molar-refractivity contribution in [1.29, 1.82) is 0 Å². The molecular formula is C19H17F6N. The van der Waals surface area contributed by atoms with E-state index in [4.69, 9.17) is 0 Å². The second-order valence-electron chi connectivity index (χ2n) is 6.42. The lowest BCUT2D eigenvalue weighted by molar-refractivity contribution is -0.138. The molecule has 0 aromatic heterocycles. The van der Waals surface area contributed by atoms with Crippen molar-refractivity contribution in [2.45, 2.75) is 37.2 Å². The van der Waals surface area contributed by atoms with E-state index in [2.05, 4.69) is 5.32 Å². The molecule has 1 heterocycles. The van der Waals surface area contributed by atoms with Gasteiger partial charge in [0.15, 0.2) is 0 Å². The van der Waals surface area contributed by atoms with Crippen LogP contribution >= 0.6 is 0 Å².